The van der Waals surface area contributed by atoms with Gasteiger partial charge in [0.1, 0.15) is 6.61 Å². The first-order chi connectivity index (χ1) is 8.58. The molecule has 18 heavy (non-hydrogen) atoms. The van der Waals surface area contributed by atoms with Crippen molar-refractivity contribution in [3.8, 4) is 0 Å². The molecule has 0 saturated heterocycles. The van der Waals surface area contributed by atoms with E-state index in [1.54, 1.807) is 0 Å². The van der Waals surface area contributed by atoms with Crippen molar-refractivity contribution in [2.75, 3.05) is 20.7 Å². The van der Waals surface area contributed by atoms with Crippen LogP contribution >= 0.6 is 31.9 Å². The molecule has 1 N–H and O–H groups in total. The Hall–Kier alpha value is -0.520. The van der Waals surface area contributed by atoms with Gasteiger partial charge >= 0.3 is 0 Å². The Morgan fingerprint density at radius 2 is 2.17 bits per heavy atom. The number of likely N-dealkylation sites (N-methyl/N-ethyl adjacent to an activating group) is 1. The fraction of sp³-hybridized carbons (Fsp3) is 0.385. The average molecular weight is 374 g/mol. The molecular weight excluding hydrogens is 360 g/mol. The van der Waals surface area contributed by atoms with Gasteiger partial charge in [-0.15, -0.1) is 0 Å². The van der Waals surface area contributed by atoms with Crippen LogP contribution < -0.4 is 5.32 Å². The van der Waals surface area contributed by atoms with Gasteiger partial charge in [-0.2, -0.15) is 0 Å². The third-order valence-electron chi connectivity index (χ3n) is 3.59. The zero-order chi connectivity index (χ0) is 12.9. The zero-order valence-corrected chi connectivity index (χ0v) is 13.4. The van der Waals surface area contributed by atoms with Gasteiger partial charge in [0.15, 0.2) is 4.67 Å². The van der Waals surface area contributed by atoms with Crippen LogP contribution in [0.2, 0.25) is 0 Å². The van der Waals surface area contributed by atoms with Crippen molar-refractivity contribution >= 4 is 31.9 Å². The van der Waals surface area contributed by atoms with Crippen LogP contribution in [0.1, 0.15) is 6.42 Å². The molecule has 1 unspecified atom stereocenters. The van der Waals surface area contributed by atoms with Crippen molar-refractivity contribution < 1.29 is 4.74 Å². The van der Waals surface area contributed by atoms with Gasteiger partial charge in [-0.25, -0.2) is 0 Å². The third kappa shape index (κ3) is 1.89. The molecule has 0 aromatic carbocycles. The topological polar surface area (TPSA) is 24.5 Å². The summed E-state index contributed by atoms with van der Waals surface area (Å²) in [5, 5.41) is 3.28. The van der Waals surface area contributed by atoms with E-state index < -0.39 is 0 Å². The van der Waals surface area contributed by atoms with E-state index in [-0.39, 0.29) is 0 Å². The Morgan fingerprint density at radius 1 is 1.39 bits per heavy atom. The summed E-state index contributed by atoms with van der Waals surface area (Å²) in [5.74, 6) is 0. The number of halogens is 2. The summed E-state index contributed by atoms with van der Waals surface area (Å²) >= 11 is 7.06. The first kappa shape index (κ1) is 12.5. The van der Waals surface area contributed by atoms with Crippen molar-refractivity contribution in [1.82, 2.24) is 10.2 Å². The van der Waals surface area contributed by atoms with Crippen molar-refractivity contribution in [3.63, 3.8) is 0 Å². The van der Waals surface area contributed by atoms with Gasteiger partial charge in [0.05, 0.1) is 4.61 Å². The molecule has 3 rings (SSSR count). The highest BCUT2D eigenvalue weighted by atomic mass is 79.9. The summed E-state index contributed by atoms with van der Waals surface area (Å²) < 4.78 is 7.60. The summed E-state index contributed by atoms with van der Waals surface area (Å²) in [6.07, 6.45) is 5.08. The minimum atomic E-state index is 0.414. The second kappa shape index (κ2) is 4.54. The monoisotopic (exact) mass is 372 g/mol. The van der Waals surface area contributed by atoms with Gasteiger partial charge in [0.2, 0.25) is 0 Å². The molecule has 3 nitrogen and oxygen atoms in total. The van der Waals surface area contributed by atoms with Gasteiger partial charge in [0.25, 0.3) is 0 Å². The number of dihydropyridines is 1. The van der Waals surface area contributed by atoms with Crippen molar-refractivity contribution in [2.24, 2.45) is 0 Å². The standard InChI is InChI=1S/C13H14Br2N2O/c1-17(2)10-4-8-12-7(5-16-13(8)15)3-11(14)18-6-9(10)12/h3,5,10,16H,4,6H2,1-2H3. The first-order valence-electron chi connectivity index (χ1n) is 5.83. The summed E-state index contributed by atoms with van der Waals surface area (Å²) in [6.45, 7) is 0.649. The quantitative estimate of drug-likeness (QED) is 0.715. The van der Waals surface area contributed by atoms with E-state index in [0.29, 0.717) is 12.6 Å². The second-order valence-corrected chi connectivity index (χ2v) is 6.43. The average Bonchev–Trinajstić information content (AvgIpc) is 2.63. The van der Waals surface area contributed by atoms with E-state index in [0.717, 1.165) is 15.7 Å². The van der Waals surface area contributed by atoms with E-state index in [4.69, 9.17) is 4.74 Å². The van der Waals surface area contributed by atoms with Crippen LogP contribution in [0.15, 0.2) is 43.8 Å². The van der Waals surface area contributed by atoms with E-state index in [2.05, 4.69) is 56.2 Å². The molecular formula is C13H14Br2N2O. The van der Waals surface area contributed by atoms with Crippen LogP contribution in [0, 0.1) is 0 Å². The number of nitrogens with one attached hydrogen (secondary N) is 1. The molecule has 0 saturated carbocycles. The molecule has 2 aliphatic heterocycles. The minimum Gasteiger partial charge on any atom is -0.482 e. The smallest absolute Gasteiger partial charge is 0.163 e. The predicted octanol–water partition coefficient (Wildman–Crippen LogP) is 2.98. The second-order valence-electron chi connectivity index (χ2n) is 4.86. The maximum atomic E-state index is 5.73. The Morgan fingerprint density at radius 3 is 2.89 bits per heavy atom. The Labute approximate surface area is 124 Å². The molecule has 5 heteroatoms. The summed E-state index contributed by atoms with van der Waals surface area (Å²) in [6, 6.07) is 0.414. The summed E-state index contributed by atoms with van der Waals surface area (Å²) in [4.78, 5) is 2.26. The number of hydrogen-bond acceptors (Lipinski definition) is 3. The van der Waals surface area contributed by atoms with Crippen LogP contribution in [-0.2, 0) is 4.74 Å². The lowest BCUT2D eigenvalue weighted by Gasteiger charge is -2.22. The van der Waals surface area contributed by atoms with Crippen molar-refractivity contribution in [2.45, 2.75) is 12.5 Å². The van der Waals surface area contributed by atoms with Crippen LogP contribution in [0.4, 0.5) is 0 Å². The number of rotatable bonds is 1. The highest BCUT2D eigenvalue weighted by molar-refractivity contribution is 9.12. The molecule has 0 aromatic heterocycles. The molecule has 1 aliphatic carbocycles. The lowest BCUT2D eigenvalue weighted by atomic mass is 9.98. The molecule has 0 spiro atoms. The van der Waals surface area contributed by atoms with Gasteiger partial charge in [-0.3, -0.25) is 0 Å². The Bertz CT molecular complexity index is 529. The number of nitrogens with zero attached hydrogens (tertiary/aromatic N) is 1. The Kier molecular flexibility index (Phi) is 3.16. The fourth-order valence-electron chi connectivity index (χ4n) is 2.73. The molecule has 0 amide bonds. The number of hydrogen-bond donors (Lipinski definition) is 1. The largest absolute Gasteiger partial charge is 0.482 e. The first-order valence-corrected chi connectivity index (χ1v) is 7.42. The van der Waals surface area contributed by atoms with Gasteiger partial charge in [-0.05, 0) is 75.2 Å². The maximum absolute atomic E-state index is 5.73. The fourth-order valence-corrected chi connectivity index (χ4v) is 3.56. The van der Waals surface area contributed by atoms with Crippen LogP contribution in [0.3, 0.4) is 0 Å². The normalized spacial score (nSPS) is 26.4. The lowest BCUT2D eigenvalue weighted by molar-refractivity contribution is 0.242. The predicted molar refractivity (Wildman–Crippen MR) is 79.3 cm³/mol. The Balaban J connectivity index is 2.14. The van der Waals surface area contributed by atoms with Gasteiger partial charge in [-0.1, -0.05) is 0 Å². The van der Waals surface area contributed by atoms with Crippen LogP contribution in [0.5, 0.6) is 0 Å². The maximum Gasteiger partial charge on any atom is 0.163 e. The SMILES string of the molecule is CN(C)C1CC2=C(Br)NC=C3C=C(Br)OCC1=C32. The highest BCUT2D eigenvalue weighted by Gasteiger charge is 2.36. The van der Waals surface area contributed by atoms with E-state index >= 15 is 0 Å². The summed E-state index contributed by atoms with van der Waals surface area (Å²) in [5.41, 5.74) is 5.25. The van der Waals surface area contributed by atoms with Gasteiger partial charge < -0.3 is 15.0 Å². The lowest BCUT2D eigenvalue weighted by Crippen LogP contribution is -2.29. The number of allylic oxidation sites excluding steroid dienone is 3. The highest BCUT2D eigenvalue weighted by Crippen LogP contribution is 2.44. The van der Waals surface area contributed by atoms with Crippen molar-refractivity contribution in [1.29, 1.82) is 0 Å². The summed E-state index contributed by atoms with van der Waals surface area (Å²) in [7, 11) is 4.24. The van der Waals surface area contributed by atoms with E-state index in [9.17, 15) is 0 Å². The number of ether oxygens (including phenoxy) is 1. The molecule has 0 aromatic rings. The molecule has 96 valence electrons. The molecule has 1 atom stereocenters. The molecule has 0 fully saturated rings. The zero-order valence-electron chi connectivity index (χ0n) is 10.3. The van der Waals surface area contributed by atoms with E-state index in [1.807, 2.05) is 12.3 Å². The van der Waals surface area contributed by atoms with Crippen LogP contribution in [0.25, 0.3) is 0 Å². The van der Waals surface area contributed by atoms with E-state index in [1.165, 1.54) is 22.3 Å². The van der Waals surface area contributed by atoms with Gasteiger partial charge in [0, 0.05) is 17.8 Å². The molecule has 3 aliphatic rings. The molecule has 2 heterocycles. The van der Waals surface area contributed by atoms with Crippen LogP contribution in [-0.4, -0.2) is 31.6 Å². The third-order valence-corrected chi connectivity index (χ3v) is 4.75. The molecule has 0 radical (unpaired) electrons. The minimum absolute atomic E-state index is 0.414. The molecule has 0 bridgehead atoms. The van der Waals surface area contributed by atoms with Crippen molar-refractivity contribution in [3.05, 3.63) is 43.8 Å².